The second-order valence-corrected chi connectivity index (χ2v) is 5.90. The molecule has 0 aromatic rings. The molecule has 1 aliphatic heterocycles. The van der Waals surface area contributed by atoms with Gasteiger partial charge in [-0.3, -0.25) is 9.59 Å². The van der Waals surface area contributed by atoms with E-state index >= 15 is 0 Å². The molecule has 2 N–H and O–H groups in total. The fourth-order valence-electron chi connectivity index (χ4n) is 2.47. The van der Waals surface area contributed by atoms with Gasteiger partial charge in [-0.25, -0.2) is 5.43 Å². The minimum atomic E-state index is -4.88. The topological polar surface area (TPSA) is 72.2 Å². The highest BCUT2D eigenvalue weighted by Crippen LogP contribution is 2.17. The van der Waals surface area contributed by atoms with E-state index in [1.807, 2.05) is 13.8 Å². The fourth-order valence-corrected chi connectivity index (χ4v) is 2.47. The van der Waals surface area contributed by atoms with E-state index < -0.39 is 18.4 Å². The number of morpholine rings is 1. The predicted octanol–water partition coefficient (Wildman–Crippen LogP) is 0.0822. The zero-order valence-corrected chi connectivity index (χ0v) is 13.5. The van der Waals surface area contributed by atoms with E-state index in [9.17, 15) is 22.8 Å². The molecular formula is C14H23F3N3O3+. The Hall–Kier alpha value is -1.48. The third kappa shape index (κ3) is 7.56. The van der Waals surface area contributed by atoms with Crippen LogP contribution in [0.5, 0.6) is 0 Å². The first-order chi connectivity index (χ1) is 10.6. The number of amides is 1. The first kappa shape index (κ1) is 19.6. The van der Waals surface area contributed by atoms with Crippen molar-refractivity contribution in [2.45, 2.75) is 52.0 Å². The molecule has 0 bridgehead atoms. The standard InChI is InChI=1S/C14H22F3N3O3/c1-9(6-12(21)14(15,16)17)18-19-13(22)4-5-20-7-10(2)23-11(3)8-20/h10-11H,4-8H2,1-3H3,(H,19,22)/p+1/b18-9-/t10-,11-/m1/s1. The maximum Gasteiger partial charge on any atom is 0.450 e. The highest BCUT2D eigenvalue weighted by molar-refractivity contribution is 6.03. The Bertz CT molecular complexity index is 456. The van der Waals surface area contributed by atoms with Gasteiger partial charge in [0, 0.05) is 5.71 Å². The van der Waals surface area contributed by atoms with Gasteiger partial charge in [0.05, 0.1) is 19.4 Å². The Balaban J connectivity index is 2.33. The van der Waals surface area contributed by atoms with Crippen LogP contribution in [0.1, 0.15) is 33.6 Å². The average molecular weight is 338 g/mol. The van der Waals surface area contributed by atoms with Crippen molar-refractivity contribution in [1.29, 1.82) is 0 Å². The minimum Gasteiger partial charge on any atom is -0.364 e. The Morgan fingerprint density at radius 3 is 2.35 bits per heavy atom. The second kappa shape index (κ2) is 8.39. The Labute approximate surface area is 133 Å². The van der Waals surface area contributed by atoms with Crippen LogP contribution in [0.15, 0.2) is 5.10 Å². The van der Waals surface area contributed by atoms with E-state index in [1.165, 1.54) is 11.8 Å². The number of alkyl halides is 3. The third-order valence-electron chi connectivity index (χ3n) is 3.43. The highest BCUT2D eigenvalue weighted by Gasteiger charge is 2.38. The maximum absolute atomic E-state index is 12.1. The summed E-state index contributed by atoms with van der Waals surface area (Å²) in [6.45, 7) is 7.42. The number of rotatable bonds is 6. The summed E-state index contributed by atoms with van der Waals surface area (Å²) in [6.07, 6.45) is -5.27. The van der Waals surface area contributed by atoms with Gasteiger partial charge in [-0.15, -0.1) is 0 Å². The Kier molecular flexibility index (Phi) is 7.14. The quantitative estimate of drug-likeness (QED) is 0.532. The molecule has 0 aliphatic carbocycles. The summed E-state index contributed by atoms with van der Waals surface area (Å²) in [5.41, 5.74) is 2.10. The normalized spacial score (nSPS) is 26.0. The lowest BCUT2D eigenvalue weighted by Crippen LogP contribution is -3.15. The molecule has 1 saturated heterocycles. The highest BCUT2D eigenvalue weighted by atomic mass is 19.4. The zero-order valence-electron chi connectivity index (χ0n) is 13.5. The molecule has 0 spiro atoms. The number of ketones is 1. The predicted molar refractivity (Wildman–Crippen MR) is 77.1 cm³/mol. The monoisotopic (exact) mass is 338 g/mol. The number of hydrogen-bond acceptors (Lipinski definition) is 4. The lowest BCUT2D eigenvalue weighted by Gasteiger charge is -2.32. The SMILES string of the molecule is C/C(CC(=O)C(F)(F)F)=N/NC(=O)CC[NH+]1C[C@@H](C)O[C@H](C)C1. The van der Waals surface area contributed by atoms with Gasteiger partial charge in [-0.05, 0) is 20.8 Å². The Morgan fingerprint density at radius 2 is 1.83 bits per heavy atom. The molecule has 0 aromatic carbocycles. The van der Waals surface area contributed by atoms with Crippen molar-refractivity contribution in [3.05, 3.63) is 0 Å². The summed E-state index contributed by atoms with van der Waals surface area (Å²) in [7, 11) is 0. The van der Waals surface area contributed by atoms with Crippen LogP contribution >= 0.6 is 0 Å². The van der Waals surface area contributed by atoms with Crippen LogP contribution in [0.2, 0.25) is 0 Å². The number of hydrazone groups is 1. The number of Topliss-reactive ketones (excluding diaryl/α,β-unsaturated/α-hetero) is 1. The summed E-state index contributed by atoms with van der Waals surface area (Å²) in [6, 6.07) is 0. The van der Waals surface area contributed by atoms with Crippen molar-refractivity contribution in [1.82, 2.24) is 5.43 Å². The number of nitrogens with zero attached hydrogens (tertiary/aromatic N) is 1. The van der Waals surface area contributed by atoms with Crippen LogP contribution in [0.25, 0.3) is 0 Å². The third-order valence-corrected chi connectivity index (χ3v) is 3.43. The zero-order chi connectivity index (χ0) is 17.6. The van der Waals surface area contributed by atoms with Gasteiger partial charge in [0.25, 0.3) is 0 Å². The molecule has 1 heterocycles. The molecule has 0 saturated carbocycles. The van der Waals surface area contributed by atoms with Crippen molar-refractivity contribution >= 4 is 17.4 Å². The molecule has 6 nitrogen and oxygen atoms in total. The second-order valence-electron chi connectivity index (χ2n) is 5.90. The van der Waals surface area contributed by atoms with E-state index in [4.69, 9.17) is 4.74 Å². The van der Waals surface area contributed by atoms with E-state index in [2.05, 4.69) is 10.5 Å². The Morgan fingerprint density at radius 1 is 1.26 bits per heavy atom. The van der Waals surface area contributed by atoms with Gasteiger partial charge in [0.15, 0.2) is 0 Å². The van der Waals surface area contributed by atoms with Gasteiger partial charge in [0.1, 0.15) is 25.3 Å². The van der Waals surface area contributed by atoms with Crippen molar-refractivity contribution in [2.24, 2.45) is 5.10 Å². The number of halogens is 3. The van der Waals surface area contributed by atoms with Crippen molar-refractivity contribution in [3.63, 3.8) is 0 Å². The van der Waals surface area contributed by atoms with Crippen LogP contribution in [-0.4, -0.2) is 55.4 Å². The molecule has 132 valence electrons. The van der Waals surface area contributed by atoms with Crippen LogP contribution in [0.3, 0.4) is 0 Å². The number of hydrogen-bond donors (Lipinski definition) is 2. The molecule has 1 rings (SSSR count). The lowest BCUT2D eigenvalue weighted by molar-refractivity contribution is -0.914. The van der Waals surface area contributed by atoms with Crippen molar-refractivity contribution in [2.75, 3.05) is 19.6 Å². The molecule has 1 amide bonds. The van der Waals surface area contributed by atoms with Crippen LogP contribution in [-0.2, 0) is 14.3 Å². The van der Waals surface area contributed by atoms with Crippen molar-refractivity contribution < 1.29 is 32.4 Å². The molecule has 9 heteroatoms. The van der Waals surface area contributed by atoms with Crippen LogP contribution in [0, 0.1) is 0 Å². The van der Waals surface area contributed by atoms with Gasteiger partial charge in [0.2, 0.25) is 11.7 Å². The average Bonchev–Trinajstić information content (AvgIpc) is 2.40. The fraction of sp³-hybridized carbons (Fsp3) is 0.786. The van der Waals surface area contributed by atoms with Gasteiger partial charge in [-0.1, -0.05) is 0 Å². The number of nitrogens with one attached hydrogen (secondary N) is 2. The molecule has 0 aromatic heterocycles. The first-order valence-corrected chi connectivity index (χ1v) is 7.49. The molecule has 2 atom stereocenters. The minimum absolute atomic E-state index is 0.0818. The molecule has 23 heavy (non-hydrogen) atoms. The van der Waals surface area contributed by atoms with Gasteiger partial charge < -0.3 is 9.64 Å². The molecule has 0 radical (unpaired) electrons. The van der Waals surface area contributed by atoms with Crippen molar-refractivity contribution in [3.8, 4) is 0 Å². The van der Waals surface area contributed by atoms with Crippen LogP contribution < -0.4 is 10.3 Å². The van der Waals surface area contributed by atoms with E-state index in [0.717, 1.165) is 13.1 Å². The smallest absolute Gasteiger partial charge is 0.364 e. The number of ether oxygens (including phenoxy) is 1. The van der Waals surface area contributed by atoms with E-state index in [0.29, 0.717) is 6.54 Å². The molecule has 1 fully saturated rings. The summed E-state index contributed by atoms with van der Waals surface area (Å²) in [4.78, 5) is 23.7. The number of carbonyl (C=O) groups is 2. The number of carbonyl (C=O) groups excluding carboxylic acids is 2. The van der Waals surface area contributed by atoms with Gasteiger partial charge in [-0.2, -0.15) is 18.3 Å². The van der Waals surface area contributed by atoms with E-state index in [-0.39, 0.29) is 30.2 Å². The molecule has 0 unspecified atom stereocenters. The lowest BCUT2D eigenvalue weighted by atomic mass is 10.2. The first-order valence-electron chi connectivity index (χ1n) is 7.49. The summed E-state index contributed by atoms with van der Waals surface area (Å²) < 4.78 is 41.9. The molecule has 1 aliphatic rings. The summed E-state index contributed by atoms with van der Waals surface area (Å²) in [5.74, 6) is -2.27. The number of quaternary nitrogens is 1. The van der Waals surface area contributed by atoms with E-state index in [1.54, 1.807) is 0 Å². The van der Waals surface area contributed by atoms with Gasteiger partial charge >= 0.3 is 6.18 Å². The maximum atomic E-state index is 12.1. The van der Waals surface area contributed by atoms with Crippen LogP contribution in [0.4, 0.5) is 13.2 Å². The largest absolute Gasteiger partial charge is 0.450 e. The molecular weight excluding hydrogens is 315 g/mol. The summed E-state index contributed by atoms with van der Waals surface area (Å²) in [5, 5.41) is 3.53. The summed E-state index contributed by atoms with van der Waals surface area (Å²) >= 11 is 0.